The molecule has 2 aromatic rings. The third-order valence-corrected chi connectivity index (χ3v) is 6.61. The number of pyridine rings is 1. The molecule has 0 atom stereocenters. The average Bonchev–Trinajstić information content (AvgIpc) is 2.76. The van der Waals surface area contributed by atoms with Gasteiger partial charge in [-0.1, -0.05) is 13.0 Å². The lowest BCUT2D eigenvalue weighted by Crippen LogP contribution is -2.30. The molecule has 0 unspecified atom stereocenters. The highest BCUT2D eigenvalue weighted by Gasteiger charge is 2.26. The van der Waals surface area contributed by atoms with Crippen LogP contribution in [0.4, 0.5) is 0 Å². The van der Waals surface area contributed by atoms with E-state index in [1.165, 1.54) is 15.6 Å². The number of aryl methyl sites for hydroxylation is 1. The van der Waals surface area contributed by atoms with Gasteiger partial charge in [0.25, 0.3) is 0 Å². The molecule has 0 aliphatic carbocycles. The van der Waals surface area contributed by atoms with Crippen molar-refractivity contribution in [1.82, 2.24) is 9.29 Å². The quantitative estimate of drug-likeness (QED) is 0.805. The molecule has 2 heterocycles. The average molecular weight is 375 g/mol. The summed E-state index contributed by atoms with van der Waals surface area (Å²) >= 11 is 4.76. The molecular formula is C13H15BrN2O2S2. The minimum Gasteiger partial charge on any atom is -0.260 e. The second-order valence-electron chi connectivity index (χ2n) is 4.22. The van der Waals surface area contributed by atoms with E-state index < -0.39 is 10.0 Å². The van der Waals surface area contributed by atoms with E-state index in [-0.39, 0.29) is 6.54 Å². The standard InChI is InChI=1S/C13H15BrN2O2S2/c1-3-16(9-11-6-4-5-7-15-11)20(17,18)12-8-13(14)19-10(12)2/h4-8H,3,9H2,1-2H3. The number of hydrogen-bond acceptors (Lipinski definition) is 4. The Morgan fingerprint density at radius 3 is 2.65 bits per heavy atom. The number of sulfonamides is 1. The molecular weight excluding hydrogens is 360 g/mol. The molecule has 4 nitrogen and oxygen atoms in total. The smallest absolute Gasteiger partial charge is 0.244 e. The van der Waals surface area contributed by atoms with Crippen LogP contribution in [0.5, 0.6) is 0 Å². The van der Waals surface area contributed by atoms with Gasteiger partial charge in [-0.2, -0.15) is 4.31 Å². The first-order chi connectivity index (χ1) is 9.45. The molecule has 0 aliphatic heterocycles. The minimum atomic E-state index is -3.49. The Bertz CT molecular complexity index is 684. The molecule has 7 heteroatoms. The maximum absolute atomic E-state index is 12.7. The van der Waals surface area contributed by atoms with Crippen LogP contribution in [0, 0.1) is 6.92 Å². The molecule has 0 fully saturated rings. The van der Waals surface area contributed by atoms with E-state index >= 15 is 0 Å². The predicted molar refractivity (Wildman–Crippen MR) is 84.3 cm³/mol. The second-order valence-corrected chi connectivity index (χ2v) is 8.77. The first-order valence-corrected chi connectivity index (χ1v) is 9.16. The highest BCUT2D eigenvalue weighted by Crippen LogP contribution is 2.31. The van der Waals surface area contributed by atoms with Crippen molar-refractivity contribution in [3.63, 3.8) is 0 Å². The van der Waals surface area contributed by atoms with Gasteiger partial charge >= 0.3 is 0 Å². The van der Waals surface area contributed by atoms with Gasteiger partial charge in [0.2, 0.25) is 10.0 Å². The number of rotatable bonds is 5. The van der Waals surface area contributed by atoms with Crippen LogP contribution in [-0.2, 0) is 16.6 Å². The van der Waals surface area contributed by atoms with Gasteiger partial charge in [0, 0.05) is 17.6 Å². The van der Waals surface area contributed by atoms with Gasteiger partial charge in [-0.25, -0.2) is 8.42 Å². The van der Waals surface area contributed by atoms with Gasteiger partial charge in [0.05, 0.1) is 20.9 Å². The number of halogens is 1. The van der Waals surface area contributed by atoms with Gasteiger partial charge in [0.15, 0.2) is 0 Å². The van der Waals surface area contributed by atoms with Gasteiger partial charge in [-0.05, 0) is 41.1 Å². The largest absolute Gasteiger partial charge is 0.260 e. The zero-order chi connectivity index (χ0) is 14.8. The SMILES string of the molecule is CCN(Cc1ccccn1)S(=O)(=O)c1cc(Br)sc1C. The van der Waals surface area contributed by atoms with Crippen molar-refractivity contribution in [2.45, 2.75) is 25.3 Å². The lowest BCUT2D eigenvalue weighted by atomic mass is 10.3. The fourth-order valence-electron chi connectivity index (χ4n) is 1.86. The molecule has 0 amide bonds. The molecule has 0 radical (unpaired) electrons. The fourth-order valence-corrected chi connectivity index (χ4v) is 5.67. The van der Waals surface area contributed by atoms with Crippen molar-refractivity contribution in [2.75, 3.05) is 6.54 Å². The predicted octanol–water partition coefficient (Wildman–Crippen LogP) is 3.42. The molecule has 108 valence electrons. The van der Waals surface area contributed by atoms with E-state index in [9.17, 15) is 8.42 Å². The molecule has 0 N–H and O–H groups in total. The van der Waals surface area contributed by atoms with Crippen LogP contribution >= 0.6 is 27.3 Å². The van der Waals surface area contributed by atoms with Crippen LogP contribution < -0.4 is 0 Å². The summed E-state index contributed by atoms with van der Waals surface area (Å²) in [5.41, 5.74) is 0.741. The Balaban J connectivity index is 2.33. The van der Waals surface area contributed by atoms with Crippen molar-refractivity contribution in [1.29, 1.82) is 0 Å². The van der Waals surface area contributed by atoms with E-state index in [1.807, 2.05) is 32.0 Å². The summed E-state index contributed by atoms with van der Waals surface area (Å²) < 4.78 is 27.6. The Hall–Kier alpha value is -0.760. The summed E-state index contributed by atoms with van der Waals surface area (Å²) in [7, 11) is -3.49. The molecule has 20 heavy (non-hydrogen) atoms. The number of aromatic nitrogens is 1. The molecule has 0 spiro atoms. The van der Waals surface area contributed by atoms with Gasteiger partial charge < -0.3 is 0 Å². The van der Waals surface area contributed by atoms with Crippen molar-refractivity contribution in [3.8, 4) is 0 Å². The second kappa shape index (κ2) is 6.34. The third-order valence-electron chi connectivity index (χ3n) is 2.88. The Labute approximate surface area is 131 Å². The molecule has 0 aliphatic rings. The summed E-state index contributed by atoms with van der Waals surface area (Å²) in [6.07, 6.45) is 1.67. The maximum atomic E-state index is 12.7. The van der Waals surface area contributed by atoms with E-state index in [2.05, 4.69) is 20.9 Å². The number of hydrogen-bond donors (Lipinski definition) is 0. The van der Waals surface area contributed by atoms with Crippen LogP contribution in [0.2, 0.25) is 0 Å². The molecule has 2 aromatic heterocycles. The monoisotopic (exact) mass is 374 g/mol. The summed E-state index contributed by atoms with van der Waals surface area (Å²) in [5.74, 6) is 0. The molecule has 0 aromatic carbocycles. The number of thiophene rings is 1. The molecule has 0 saturated carbocycles. The van der Waals surface area contributed by atoms with E-state index in [1.54, 1.807) is 12.3 Å². The Morgan fingerprint density at radius 1 is 1.40 bits per heavy atom. The Morgan fingerprint density at radius 2 is 2.15 bits per heavy atom. The van der Waals surface area contributed by atoms with Crippen LogP contribution in [-0.4, -0.2) is 24.3 Å². The number of nitrogens with zero attached hydrogens (tertiary/aromatic N) is 2. The van der Waals surface area contributed by atoms with Crippen molar-refractivity contribution in [2.24, 2.45) is 0 Å². The van der Waals surface area contributed by atoms with Crippen LogP contribution in [0.15, 0.2) is 39.1 Å². The summed E-state index contributed by atoms with van der Waals surface area (Å²) in [5, 5.41) is 0. The first kappa shape index (κ1) is 15.6. The molecule has 2 rings (SSSR count). The zero-order valence-electron chi connectivity index (χ0n) is 11.2. The first-order valence-electron chi connectivity index (χ1n) is 6.11. The van der Waals surface area contributed by atoms with Crippen LogP contribution in [0.3, 0.4) is 0 Å². The zero-order valence-corrected chi connectivity index (χ0v) is 14.4. The minimum absolute atomic E-state index is 0.284. The van der Waals surface area contributed by atoms with Crippen LogP contribution in [0.25, 0.3) is 0 Å². The maximum Gasteiger partial charge on any atom is 0.244 e. The van der Waals surface area contributed by atoms with Crippen molar-refractivity contribution in [3.05, 3.63) is 44.8 Å². The third kappa shape index (κ3) is 3.28. The molecule has 0 saturated heterocycles. The van der Waals surface area contributed by atoms with Gasteiger partial charge in [-0.3, -0.25) is 4.98 Å². The highest BCUT2D eigenvalue weighted by atomic mass is 79.9. The lowest BCUT2D eigenvalue weighted by molar-refractivity contribution is 0.419. The van der Waals surface area contributed by atoms with Crippen molar-refractivity contribution >= 4 is 37.3 Å². The summed E-state index contributed by atoms with van der Waals surface area (Å²) in [6.45, 7) is 4.34. The molecule has 0 bridgehead atoms. The highest BCUT2D eigenvalue weighted by molar-refractivity contribution is 9.11. The van der Waals surface area contributed by atoms with E-state index in [0.717, 1.165) is 14.4 Å². The normalized spacial score (nSPS) is 12.0. The summed E-state index contributed by atoms with van der Waals surface area (Å²) in [4.78, 5) is 5.34. The topological polar surface area (TPSA) is 50.3 Å². The van der Waals surface area contributed by atoms with E-state index in [0.29, 0.717) is 11.4 Å². The van der Waals surface area contributed by atoms with Crippen LogP contribution in [0.1, 0.15) is 17.5 Å². The van der Waals surface area contributed by atoms with Gasteiger partial charge in [-0.15, -0.1) is 11.3 Å². The Kier molecular flexibility index (Phi) is 4.95. The van der Waals surface area contributed by atoms with E-state index in [4.69, 9.17) is 0 Å². The summed E-state index contributed by atoms with van der Waals surface area (Å²) in [6, 6.07) is 7.16. The van der Waals surface area contributed by atoms with Gasteiger partial charge in [0.1, 0.15) is 0 Å². The fraction of sp³-hybridized carbons (Fsp3) is 0.308. The lowest BCUT2D eigenvalue weighted by Gasteiger charge is -2.19. The van der Waals surface area contributed by atoms with Crippen molar-refractivity contribution < 1.29 is 8.42 Å².